The Kier molecular flexibility index (Phi) is 10.7. The molecule has 2 aromatic heterocycles. The molecule has 7 heterocycles. The Bertz CT molecular complexity index is 2910. The lowest BCUT2D eigenvalue weighted by Gasteiger charge is -2.62. The summed E-state index contributed by atoms with van der Waals surface area (Å²) >= 11 is 0. The third-order valence-corrected chi connectivity index (χ3v) is 16.5. The van der Waals surface area contributed by atoms with Gasteiger partial charge in [0, 0.05) is 54.3 Å². The molecule has 18 heteroatoms. The van der Waals surface area contributed by atoms with Crippen molar-refractivity contribution in [3.05, 3.63) is 93.7 Å². The van der Waals surface area contributed by atoms with E-state index in [4.69, 9.17) is 29.7 Å². The maximum Gasteiger partial charge on any atom is 0.297 e. The first-order valence-electron chi connectivity index (χ1n) is 23.4. The molecule has 0 bridgehead atoms. The number of nitro benzene ring substituents is 1. The van der Waals surface area contributed by atoms with Gasteiger partial charge in [-0.3, -0.25) is 19.8 Å². The number of nitrogens with one attached hydrogen (secondary N) is 2. The van der Waals surface area contributed by atoms with Crippen LogP contribution in [0.1, 0.15) is 86.8 Å². The van der Waals surface area contributed by atoms with Crippen molar-refractivity contribution in [2.45, 2.75) is 105 Å². The van der Waals surface area contributed by atoms with Crippen LogP contribution >= 0.6 is 0 Å². The minimum Gasteiger partial charge on any atom is -0.489 e. The Hall–Kier alpha value is -5.95. The maximum atomic E-state index is 15.9. The molecule has 5 aromatic rings. The minimum atomic E-state index is -4.76. The van der Waals surface area contributed by atoms with Gasteiger partial charge in [-0.15, -0.1) is 0 Å². The third kappa shape index (κ3) is 7.34. The average molecular weight is 933 g/mol. The molecule has 4 N–H and O–H groups in total. The van der Waals surface area contributed by atoms with Gasteiger partial charge in [0.05, 0.1) is 64.8 Å². The molecule has 67 heavy (non-hydrogen) atoms. The van der Waals surface area contributed by atoms with Crippen LogP contribution in [0.15, 0.2) is 76.7 Å². The standard InChI is InChI=1S/C49H56N8O9S/c1-27(2)33-8-5-6-9-34(33)36-10-7-15-55(36)31-19-49(20-31)25-54(26-49)37-12-11-35(46(50)58)44(56-39-16-29-13-14-51-47(29)53-48(39)66-42-24-63-23-40(42)56)45(37)67(61,62)32-17-38(57(59)60)43-41(18-32)65-22-30(52-43)21-64-28(3)4/h5-6,8-9,11-14,16-18,27-28,30-31,36,40,42,52H,7,10,15,19-26H2,1-4H3,(H2,50,58)(H,51,53)/t30-,36+,40-,42-/m1/s1. The number of nitro groups is 1. The summed E-state index contributed by atoms with van der Waals surface area (Å²) in [7, 11) is -4.76. The van der Waals surface area contributed by atoms with E-state index in [0.717, 1.165) is 43.7 Å². The zero-order chi connectivity index (χ0) is 46.5. The number of primary amides is 1. The molecule has 1 aliphatic carbocycles. The molecule has 1 amide bonds. The highest BCUT2D eigenvalue weighted by molar-refractivity contribution is 7.91. The second-order valence-electron chi connectivity index (χ2n) is 19.7. The molecule has 0 unspecified atom stereocenters. The molecule has 5 aliphatic heterocycles. The van der Waals surface area contributed by atoms with Gasteiger partial charge < -0.3 is 44.8 Å². The fourth-order valence-electron chi connectivity index (χ4n) is 11.6. The number of anilines is 4. The molecule has 4 atom stereocenters. The number of benzene rings is 3. The van der Waals surface area contributed by atoms with Crippen LogP contribution < -0.4 is 30.3 Å². The molecule has 11 rings (SSSR count). The summed E-state index contributed by atoms with van der Waals surface area (Å²) < 4.78 is 56.1. The molecule has 1 saturated carbocycles. The summed E-state index contributed by atoms with van der Waals surface area (Å²) in [6.45, 7) is 11.1. The number of likely N-dealkylation sites (tertiary alicyclic amines) is 1. The van der Waals surface area contributed by atoms with Gasteiger partial charge in [0.25, 0.3) is 11.6 Å². The summed E-state index contributed by atoms with van der Waals surface area (Å²) in [5.41, 5.74) is 9.92. The molecular formula is C49H56N8O9S. The number of carbonyl (C=O) groups excluding carboxylic acids is 1. The van der Waals surface area contributed by atoms with Crippen LogP contribution in [0.3, 0.4) is 0 Å². The maximum absolute atomic E-state index is 15.9. The number of amides is 1. The van der Waals surface area contributed by atoms with Gasteiger partial charge in [0.15, 0.2) is 11.4 Å². The van der Waals surface area contributed by atoms with Crippen LogP contribution in [0.2, 0.25) is 0 Å². The Morgan fingerprint density at radius 3 is 2.61 bits per heavy atom. The van der Waals surface area contributed by atoms with Crippen molar-refractivity contribution < 1.29 is 37.1 Å². The quantitative estimate of drug-likeness (QED) is 0.0834. The lowest BCUT2D eigenvalue weighted by molar-refractivity contribution is -0.384. The van der Waals surface area contributed by atoms with Crippen molar-refractivity contribution in [3.8, 4) is 11.6 Å². The minimum absolute atomic E-state index is 0.0161. The van der Waals surface area contributed by atoms with E-state index in [1.165, 1.54) is 17.2 Å². The Morgan fingerprint density at radius 2 is 1.85 bits per heavy atom. The summed E-state index contributed by atoms with van der Waals surface area (Å²) in [6, 6.07) is 17.9. The number of aromatic amines is 1. The predicted octanol–water partition coefficient (Wildman–Crippen LogP) is 7.23. The number of nitrogens with two attached hydrogens (primary N) is 1. The van der Waals surface area contributed by atoms with Crippen LogP contribution in [-0.2, 0) is 19.3 Å². The Balaban J connectivity index is 1.01. The molecule has 0 radical (unpaired) electrons. The summed E-state index contributed by atoms with van der Waals surface area (Å²) in [5.74, 6) is -0.185. The van der Waals surface area contributed by atoms with E-state index < -0.39 is 44.5 Å². The van der Waals surface area contributed by atoms with E-state index in [9.17, 15) is 14.9 Å². The number of ether oxygens (including phenoxy) is 4. The first kappa shape index (κ1) is 43.6. The van der Waals surface area contributed by atoms with Crippen molar-refractivity contribution in [3.63, 3.8) is 0 Å². The number of sulfone groups is 1. The van der Waals surface area contributed by atoms with Crippen molar-refractivity contribution in [1.29, 1.82) is 0 Å². The van der Waals surface area contributed by atoms with E-state index in [1.807, 2.05) is 26.0 Å². The number of aromatic nitrogens is 2. The van der Waals surface area contributed by atoms with Gasteiger partial charge in [-0.1, -0.05) is 38.1 Å². The smallest absolute Gasteiger partial charge is 0.297 e. The van der Waals surface area contributed by atoms with Crippen molar-refractivity contribution >= 4 is 55.2 Å². The van der Waals surface area contributed by atoms with Crippen LogP contribution in [0.5, 0.6) is 11.6 Å². The van der Waals surface area contributed by atoms with Crippen molar-refractivity contribution in [1.82, 2.24) is 14.9 Å². The zero-order valence-electron chi connectivity index (χ0n) is 38.1. The number of rotatable bonds is 12. The van der Waals surface area contributed by atoms with Crippen LogP contribution in [0.4, 0.5) is 28.4 Å². The van der Waals surface area contributed by atoms with Crippen LogP contribution in [0, 0.1) is 15.5 Å². The van der Waals surface area contributed by atoms with Gasteiger partial charge >= 0.3 is 0 Å². The second-order valence-corrected chi connectivity index (χ2v) is 21.6. The van der Waals surface area contributed by atoms with Gasteiger partial charge in [-0.05, 0) is 87.4 Å². The van der Waals surface area contributed by atoms with E-state index in [-0.39, 0.29) is 76.3 Å². The molecular weight excluding hydrogens is 877 g/mol. The number of H-pyrrole nitrogens is 1. The fourth-order valence-corrected chi connectivity index (χ4v) is 13.3. The zero-order valence-corrected chi connectivity index (χ0v) is 38.9. The van der Waals surface area contributed by atoms with Crippen LogP contribution in [0.25, 0.3) is 11.0 Å². The Labute approximate surface area is 389 Å². The second kappa shape index (κ2) is 16.4. The monoisotopic (exact) mass is 932 g/mol. The van der Waals surface area contributed by atoms with E-state index in [0.29, 0.717) is 48.1 Å². The first-order chi connectivity index (χ1) is 32.2. The largest absolute Gasteiger partial charge is 0.489 e. The van der Waals surface area contributed by atoms with Gasteiger partial charge in [-0.25, -0.2) is 8.42 Å². The molecule has 6 aliphatic rings. The summed E-state index contributed by atoms with van der Waals surface area (Å²) in [4.78, 5) is 39.9. The number of carbonyl (C=O) groups is 1. The third-order valence-electron chi connectivity index (χ3n) is 14.7. The van der Waals surface area contributed by atoms with E-state index >= 15 is 8.42 Å². The fraction of sp³-hybridized carbons (Fsp3) is 0.469. The van der Waals surface area contributed by atoms with E-state index in [1.54, 1.807) is 23.2 Å². The SMILES string of the molecule is CC(C)OC[C@@H]1COc2cc(S(=O)(=O)c3c(N4CC5(CC(N6CCC[C@H]6c6ccccc6C(C)C)C5)C4)ccc(C(N)=O)c3N3c4cc5cc[nH]c5nc4O[C@@H]4COC[C@H]43)cc([N+](=O)[O-])c2N1. The molecule has 1 spiro atoms. The van der Waals surface area contributed by atoms with Crippen molar-refractivity contribution in [2.75, 3.05) is 61.2 Å². The average Bonchev–Trinajstić information content (AvgIpc) is 4.07. The number of hydrogen-bond acceptors (Lipinski definition) is 14. The summed E-state index contributed by atoms with van der Waals surface area (Å²) in [5, 5.41) is 16.7. The van der Waals surface area contributed by atoms with Gasteiger partial charge in [-0.2, -0.15) is 4.98 Å². The number of fused-ring (bicyclic) bond motifs is 4. The Morgan fingerprint density at radius 1 is 1.04 bits per heavy atom. The lowest BCUT2D eigenvalue weighted by atomic mass is 9.60. The topological polar surface area (TPSA) is 208 Å². The van der Waals surface area contributed by atoms with Gasteiger partial charge in [0.2, 0.25) is 15.7 Å². The molecule has 4 fully saturated rings. The molecule has 352 valence electrons. The molecule has 3 aromatic carbocycles. The highest BCUT2D eigenvalue weighted by atomic mass is 32.2. The van der Waals surface area contributed by atoms with E-state index in [2.05, 4.69) is 58.2 Å². The highest BCUT2D eigenvalue weighted by Crippen LogP contribution is 2.57. The predicted molar refractivity (Wildman–Crippen MR) is 252 cm³/mol. The number of hydrogen-bond donors (Lipinski definition) is 3. The molecule has 3 saturated heterocycles. The van der Waals surface area contributed by atoms with Gasteiger partial charge in [0.1, 0.15) is 28.9 Å². The lowest BCUT2D eigenvalue weighted by Crippen LogP contribution is -2.66. The summed E-state index contributed by atoms with van der Waals surface area (Å²) in [6.07, 6.45) is 5.29. The van der Waals surface area contributed by atoms with Crippen LogP contribution in [-0.4, -0.2) is 111 Å². The molecule has 17 nitrogen and oxygen atoms in total. The first-order valence-corrected chi connectivity index (χ1v) is 24.8. The number of nitrogens with zero attached hydrogens (tertiary/aromatic N) is 5. The van der Waals surface area contributed by atoms with Crippen molar-refractivity contribution in [2.24, 2.45) is 11.1 Å². The highest BCUT2D eigenvalue weighted by Gasteiger charge is 2.56. The normalized spacial score (nSPS) is 23.3. The number of pyridine rings is 1.